The number of nitrogens with zero attached hydrogens (tertiary/aromatic N) is 3. The summed E-state index contributed by atoms with van der Waals surface area (Å²) in [7, 11) is 0. The number of furan rings is 1. The summed E-state index contributed by atoms with van der Waals surface area (Å²) < 4.78 is 12.7. The van der Waals surface area contributed by atoms with Crippen molar-refractivity contribution in [2.45, 2.75) is 0 Å². The topological polar surface area (TPSA) is 82.2 Å². The Labute approximate surface area is 148 Å². The van der Waals surface area contributed by atoms with Crippen LogP contribution < -0.4 is 10.1 Å². The Balaban J connectivity index is 1.44. The van der Waals surface area contributed by atoms with Gasteiger partial charge in [0.2, 0.25) is 5.88 Å². The van der Waals surface area contributed by atoms with Gasteiger partial charge in [-0.15, -0.1) is 0 Å². The van der Waals surface area contributed by atoms with Gasteiger partial charge in [0.25, 0.3) is 5.91 Å². The van der Waals surface area contributed by atoms with Gasteiger partial charge < -0.3 is 19.0 Å². The van der Waals surface area contributed by atoms with Crippen molar-refractivity contribution in [1.82, 2.24) is 14.5 Å². The van der Waals surface area contributed by atoms with Gasteiger partial charge in [0, 0.05) is 24.1 Å². The van der Waals surface area contributed by atoms with Gasteiger partial charge >= 0.3 is 0 Å². The van der Waals surface area contributed by atoms with Crippen molar-refractivity contribution in [2.24, 2.45) is 0 Å². The van der Waals surface area contributed by atoms with Gasteiger partial charge in [0.15, 0.2) is 5.76 Å². The van der Waals surface area contributed by atoms with E-state index in [2.05, 4.69) is 15.3 Å². The quantitative estimate of drug-likeness (QED) is 0.592. The molecule has 0 atom stereocenters. The summed E-state index contributed by atoms with van der Waals surface area (Å²) in [6.45, 7) is 0. The van der Waals surface area contributed by atoms with Crippen LogP contribution in [-0.4, -0.2) is 20.4 Å². The zero-order chi connectivity index (χ0) is 17.8. The number of carbonyl (C=O) groups excluding carboxylic acids is 1. The van der Waals surface area contributed by atoms with E-state index in [0.29, 0.717) is 23.1 Å². The standard InChI is InChI=1S/C19H14N4O3/c24-19(16-4-3-11-25-16)22-14-5-7-15(8-6-14)26-18-12-17(20-13-21-18)23-9-1-2-10-23/h1-13H,(H,22,24). The average Bonchev–Trinajstić information content (AvgIpc) is 3.38. The fraction of sp³-hybridized carbons (Fsp3) is 0. The van der Waals surface area contributed by atoms with Crippen molar-refractivity contribution < 1.29 is 13.9 Å². The third-order valence-corrected chi connectivity index (χ3v) is 3.58. The molecule has 0 aliphatic carbocycles. The number of aromatic nitrogens is 3. The second-order valence-electron chi connectivity index (χ2n) is 5.36. The molecule has 26 heavy (non-hydrogen) atoms. The summed E-state index contributed by atoms with van der Waals surface area (Å²) in [6.07, 6.45) is 6.68. The first-order valence-corrected chi connectivity index (χ1v) is 7.86. The molecule has 1 aromatic carbocycles. The molecule has 7 heteroatoms. The van der Waals surface area contributed by atoms with Crippen LogP contribution in [0.3, 0.4) is 0 Å². The highest BCUT2D eigenvalue weighted by atomic mass is 16.5. The molecule has 0 aliphatic heterocycles. The van der Waals surface area contributed by atoms with Gasteiger partial charge in [-0.2, -0.15) is 0 Å². The first-order chi connectivity index (χ1) is 12.8. The highest BCUT2D eigenvalue weighted by molar-refractivity contribution is 6.02. The predicted molar refractivity (Wildman–Crippen MR) is 94.5 cm³/mol. The second-order valence-corrected chi connectivity index (χ2v) is 5.36. The van der Waals surface area contributed by atoms with Crippen LogP contribution in [0.1, 0.15) is 10.6 Å². The summed E-state index contributed by atoms with van der Waals surface area (Å²) in [4.78, 5) is 20.3. The molecule has 3 heterocycles. The number of benzene rings is 1. The van der Waals surface area contributed by atoms with E-state index in [1.54, 1.807) is 42.5 Å². The van der Waals surface area contributed by atoms with Crippen LogP contribution in [0.4, 0.5) is 5.69 Å². The van der Waals surface area contributed by atoms with Crippen LogP contribution in [0, 0.1) is 0 Å². The zero-order valence-electron chi connectivity index (χ0n) is 13.6. The number of rotatable bonds is 5. The number of ether oxygens (including phenoxy) is 1. The fourth-order valence-corrected chi connectivity index (χ4v) is 2.34. The van der Waals surface area contributed by atoms with Crippen molar-refractivity contribution >= 4 is 11.6 Å². The monoisotopic (exact) mass is 346 g/mol. The fourth-order valence-electron chi connectivity index (χ4n) is 2.34. The minimum atomic E-state index is -0.309. The molecule has 0 aliphatic rings. The maximum atomic E-state index is 11.9. The normalized spacial score (nSPS) is 10.5. The Morgan fingerprint density at radius 2 is 1.85 bits per heavy atom. The SMILES string of the molecule is O=C(Nc1ccc(Oc2cc(-n3cccc3)ncn2)cc1)c1ccco1. The molecule has 1 N–H and O–H groups in total. The molecule has 0 radical (unpaired) electrons. The lowest BCUT2D eigenvalue weighted by molar-refractivity contribution is 0.0996. The largest absolute Gasteiger partial charge is 0.459 e. The molecule has 0 fully saturated rings. The summed E-state index contributed by atoms with van der Waals surface area (Å²) in [5.74, 6) is 1.68. The molecule has 0 unspecified atom stereocenters. The van der Waals surface area contributed by atoms with Gasteiger partial charge in [0.1, 0.15) is 17.9 Å². The van der Waals surface area contributed by atoms with E-state index in [1.807, 2.05) is 29.1 Å². The van der Waals surface area contributed by atoms with E-state index in [4.69, 9.17) is 9.15 Å². The van der Waals surface area contributed by atoms with Gasteiger partial charge in [-0.1, -0.05) is 0 Å². The third kappa shape index (κ3) is 3.46. The molecule has 0 spiro atoms. The van der Waals surface area contributed by atoms with E-state index in [-0.39, 0.29) is 11.7 Å². The van der Waals surface area contributed by atoms with Crippen molar-refractivity contribution in [2.75, 3.05) is 5.32 Å². The molecule has 0 bridgehead atoms. The molecular formula is C19H14N4O3. The van der Waals surface area contributed by atoms with Crippen LogP contribution in [-0.2, 0) is 0 Å². The summed E-state index contributed by atoms with van der Waals surface area (Å²) in [5, 5.41) is 2.75. The maximum Gasteiger partial charge on any atom is 0.291 e. The van der Waals surface area contributed by atoms with E-state index in [0.717, 1.165) is 0 Å². The molecule has 4 rings (SSSR count). The molecule has 0 saturated carbocycles. The molecule has 4 aromatic rings. The number of nitrogens with one attached hydrogen (secondary N) is 1. The minimum Gasteiger partial charge on any atom is -0.459 e. The molecular weight excluding hydrogens is 332 g/mol. The smallest absolute Gasteiger partial charge is 0.291 e. The first kappa shape index (κ1) is 15.6. The highest BCUT2D eigenvalue weighted by Gasteiger charge is 2.09. The summed E-state index contributed by atoms with van der Waals surface area (Å²) >= 11 is 0. The van der Waals surface area contributed by atoms with Crippen molar-refractivity contribution in [3.63, 3.8) is 0 Å². The number of hydrogen-bond acceptors (Lipinski definition) is 5. The Hall–Kier alpha value is -3.87. The molecule has 7 nitrogen and oxygen atoms in total. The minimum absolute atomic E-state index is 0.254. The first-order valence-electron chi connectivity index (χ1n) is 7.86. The molecule has 128 valence electrons. The maximum absolute atomic E-state index is 11.9. The zero-order valence-corrected chi connectivity index (χ0v) is 13.6. The molecule has 0 saturated heterocycles. The van der Waals surface area contributed by atoms with Crippen molar-refractivity contribution in [3.05, 3.63) is 85.3 Å². The number of anilines is 1. The summed E-state index contributed by atoms with van der Waals surface area (Å²) in [5.41, 5.74) is 0.634. The van der Waals surface area contributed by atoms with Crippen molar-refractivity contribution in [1.29, 1.82) is 0 Å². The van der Waals surface area contributed by atoms with Crippen LogP contribution >= 0.6 is 0 Å². The van der Waals surface area contributed by atoms with E-state index in [9.17, 15) is 4.79 Å². The highest BCUT2D eigenvalue weighted by Crippen LogP contribution is 2.22. The van der Waals surface area contributed by atoms with E-state index >= 15 is 0 Å². The third-order valence-electron chi connectivity index (χ3n) is 3.58. The Morgan fingerprint density at radius 3 is 2.58 bits per heavy atom. The van der Waals surface area contributed by atoms with Gasteiger partial charge in [-0.25, -0.2) is 9.97 Å². The van der Waals surface area contributed by atoms with Crippen LogP contribution in [0.5, 0.6) is 11.6 Å². The predicted octanol–water partition coefficient (Wildman–Crippen LogP) is 3.90. The van der Waals surface area contributed by atoms with E-state index in [1.165, 1.54) is 12.6 Å². The van der Waals surface area contributed by atoms with Gasteiger partial charge in [-0.05, 0) is 48.5 Å². The summed E-state index contributed by atoms with van der Waals surface area (Å²) in [6, 6.07) is 15.8. The van der Waals surface area contributed by atoms with Crippen LogP contribution in [0.25, 0.3) is 5.82 Å². The van der Waals surface area contributed by atoms with Crippen LogP contribution in [0.15, 0.2) is 84.0 Å². The molecule has 3 aromatic heterocycles. The molecule has 1 amide bonds. The lowest BCUT2D eigenvalue weighted by atomic mass is 10.3. The van der Waals surface area contributed by atoms with Crippen molar-refractivity contribution in [3.8, 4) is 17.4 Å². The lowest BCUT2D eigenvalue weighted by Crippen LogP contribution is -2.10. The Kier molecular flexibility index (Phi) is 4.17. The average molecular weight is 346 g/mol. The Morgan fingerprint density at radius 1 is 1.04 bits per heavy atom. The van der Waals surface area contributed by atoms with Gasteiger partial charge in [0.05, 0.1) is 6.26 Å². The number of hydrogen-bond donors (Lipinski definition) is 1. The van der Waals surface area contributed by atoms with Gasteiger partial charge in [-0.3, -0.25) is 4.79 Å². The lowest BCUT2D eigenvalue weighted by Gasteiger charge is -2.08. The Bertz CT molecular complexity index is 994. The second kappa shape index (κ2) is 6.94. The van der Waals surface area contributed by atoms with E-state index < -0.39 is 0 Å². The number of carbonyl (C=O) groups is 1. The van der Waals surface area contributed by atoms with Crippen LogP contribution in [0.2, 0.25) is 0 Å². The number of amides is 1.